The molecule has 4 rings (SSSR count). The molecule has 164 valence electrons. The second kappa shape index (κ2) is 8.17. The highest BCUT2D eigenvalue weighted by atomic mass is 16.2. The van der Waals surface area contributed by atoms with Crippen molar-refractivity contribution < 1.29 is 14.4 Å². The summed E-state index contributed by atoms with van der Waals surface area (Å²) in [7, 11) is 1.62. The van der Waals surface area contributed by atoms with Crippen molar-refractivity contribution in [2.75, 3.05) is 20.1 Å². The molecule has 8 heteroatoms. The summed E-state index contributed by atoms with van der Waals surface area (Å²) in [6.45, 7) is 5.89. The molecule has 1 atom stereocenters. The molecule has 0 aliphatic carbocycles. The van der Waals surface area contributed by atoms with Gasteiger partial charge in [-0.3, -0.25) is 19.1 Å². The molecule has 1 fully saturated rings. The number of likely N-dealkylation sites (N-methyl/N-ethyl adjacent to an activating group) is 1. The number of fused-ring (bicyclic) bond motifs is 1. The van der Waals surface area contributed by atoms with Crippen LogP contribution >= 0.6 is 0 Å². The van der Waals surface area contributed by atoms with E-state index >= 15 is 0 Å². The van der Waals surface area contributed by atoms with E-state index < -0.39 is 5.54 Å². The fourth-order valence-corrected chi connectivity index (χ4v) is 4.17. The molecule has 0 bridgehead atoms. The SMILES string of the molecule is CC1CCN(C(=O)c2cc3n(n2)C[C@@](C)(C(=O)NCc2ccccc2)N(C)C3=O)CC1. The van der Waals surface area contributed by atoms with Crippen LogP contribution in [0.3, 0.4) is 0 Å². The van der Waals surface area contributed by atoms with Gasteiger partial charge in [0.1, 0.15) is 11.2 Å². The van der Waals surface area contributed by atoms with Crippen molar-refractivity contribution in [1.82, 2.24) is 24.9 Å². The summed E-state index contributed by atoms with van der Waals surface area (Å²) in [4.78, 5) is 42.2. The number of carbonyl (C=O) groups excluding carboxylic acids is 3. The Balaban J connectivity index is 1.51. The lowest BCUT2D eigenvalue weighted by atomic mass is 9.95. The second-order valence-electron chi connectivity index (χ2n) is 8.85. The maximum atomic E-state index is 13.1. The number of amides is 3. The molecule has 31 heavy (non-hydrogen) atoms. The lowest BCUT2D eigenvalue weighted by Crippen LogP contribution is -2.62. The van der Waals surface area contributed by atoms with Gasteiger partial charge in [-0.25, -0.2) is 0 Å². The summed E-state index contributed by atoms with van der Waals surface area (Å²) in [6, 6.07) is 11.2. The van der Waals surface area contributed by atoms with Gasteiger partial charge in [-0.15, -0.1) is 0 Å². The second-order valence-corrected chi connectivity index (χ2v) is 8.85. The molecule has 3 heterocycles. The first kappa shape index (κ1) is 21.1. The van der Waals surface area contributed by atoms with Gasteiger partial charge in [0.05, 0.1) is 6.54 Å². The van der Waals surface area contributed by atoms with Crippen molar-refractivity contribution in [3.63, 3.8) is 0 Å². The van der Waals surface area contributed by atoms with E-state index in [0.717, 1.165) is 18.4 Å². The Hall–Kier alpha value is -3.16. The topological polar surface area (TPSA) is 87.5 Å². The van der Waals surface area contributed by atoms with Crippen LogP contribution in [0, 0.1) is 5.92 Å². The van der Waals surface area contributed by atoms with Gasteiger partial charge in [-0.2, -0.15) is 5.10 Å². The summed E-state index contributed by atoms with van der Waals surface area (Å²) < 4.78 is 1.50. The van der Waals surface area contributed by atoms with Crippen LogP contribution in [0.1, 0.15) is 53.2 Å². The van der Waals surface area contributed by atoms with Crippen LogP contribution in [0.15, 0.2) is 36.4 Å². The van der Waals surface area contributed by atoms with E-state index in [0.29, 0.717) is 31.2 Å². The molecule has 0 saturated carbocycles. The smallest absolute Gasteiger partial charge is 0.274 e. The standard InChI is InChI=1S/C23H29N5O3/c1-16-9-11-27(12-10-16)20(29)18-13-19-21(30)26(3)23(2,15-28(19)25-18)22(31)24-14-17-7-5-4-6-8-17/h4-8,13,16H,9-12,14-15H2,1-3H3,(H,24,31)/t23-/m0/s1. The molecule has 2 aliphatic heterocycles. The number of rotatable bonds is 4. The van der Waals surface area contributed by atoms with Gasteiger partial charge < -0.3 is 15.1 Å². The van der Waals surface area contributed by atoms with Gasteiger partial charge in [0.15, 0.2) is 5.69 Å². The van der Waals surface area contributed by atoms with Gasteiger partial charge in [0.2, 0.25) is 5.91 Å². The third kappa shape index (κ3) is 3.94. The quantitative estimate of drug-likeness (QED) is 0.814. The number of benzene rings is 1. The van der Waals surface area contributed by atoms with Crippen molar-refractivity contribution in [2.45, 2.75) is 45.3 Å². The fourth-order valence-electron chi connectivity index (χ4n) is 4.17. The molecule has 3 amide bonds. The van der Waals surface area contributed by atoms with E-state index in [1.165, 1.54) is 9.58 Å². The minimum absolute atomic E-state index is 0.153. The summed E-state index contributed by atoms with van der Waals surface area (Å²) in [5.74, 6) is -0.113. The number of hydrogen-bond donors (Lipinski definition) is 1. The maximum Gasteiger partial charge on any atom is 0.274 e. The zero-order valence-corrected chi connectivity index (χ0v) is 18.3. The Labute approximate surface area is 182 Å². The molecule has 2 aromatic rings. The van der Waals surface area contributed by atoms with E-state index in [1.54, 1.807) is 24.9 Å². The fraction of sp³-hybridized carbons (Fsp3) is 0.478. The van der Waals surface area contributed by atoms with E-state index in [9.17, 15) is 14.4 Å². The molecular weight excluding hydrogens is 394 g/mol. The van der Waals surface area contributed by atoms with Crippen LogP contribution in [-0.2, 0) is 17.9 Å². The van der Waals surface area contributed by atoms with Gasteiger partial charge in [0, 0.05) is 32.7 Å². The Bertz CT molecular complexity index is 994. The van der Waals surface area contributed by atoms with Crippen molar-refractivity contribution in [1.29, 1.82) is 0 Å². The van der Waals surface area contributed by atoms with E-state index in [2.05, 4.69) is 17.3 Å². The number of hydrogen-bond acceptors (Lipinski definition) is 4. The van der Waals surface area contributed by atoms with Crippen molar-refractivity contribution in [3.8, 4) is 0 Å². The molecule has 1 aromatic carbocycles. The normalized spacial score (nSPS) is 21.7. The predicted octanol–water partition coefficient (Wildman–Crippen LogP) is 1.92. The van der Waals surface area contributed by atoms with Crippen LogP contribution in [-0.4, -0.2) is 63.0 Å². The van der Waals surface area contributed by atoms with E-state index in [1.807, 2.05) is 30.3 Å². The summed E-state index contributed by atoms with van der Waals surface area (Å²) in [6.07, 6.45) is 1.95. The predicted molar refractivity (Wildman–Crippen MR) is 115 cm³/mol. The third-order valence-corrected chi connectivity index (χ3v) is 6.58. The largest absolute Gasteiger partial charge is 0.350 e. The van der Waals surface area contributed by atoms with Crippen LogP contribution in [0.2, 0.25) is 0 Å². The molecule has 0 radical (unpaired) electrons. The molecule has 2 aliphatic rings. The minimum Gasteiger partial charge on any atom is -0.350 e. The number of nitrogens with one attached hydrogen (secondary N) is 1. The number of piperidine rings is 1. The van der Waals surface area contributed by atoms with Crippen LogP contribution in [0.5, 0.6) is 0 Å². The first-order valence-corrected chi connectivity index (χ1v) is 10.8. The number of nitrogens with zero attached hydrogens (tertiary/aromatic N) is 4. The maximum absolute atomic E-state index is 13.1. The molecule has 8 nitrogen and oxygen atoms in total. The van der Waals surface area contributed by atoms with Crippen LogP contribution in [0.25, 0.3) is 0 Å². The van der Waals surface area contributed by atoms with Gasteiger partial charge in [-0.05, 0) is 31.2 Å². The average Bonchev–Trinajstić information content (AvgIpc) is 3.20. The lowest BCUT2D eigenvalue weighted by molar-refractivity contribution is -0.132. The minimum atomic E-state index is -1.11. The summed E-state index contributed by atoms with van der Waals surface area (Å²) >= 11 is 0. The monoisotopic (exact) mass is 423 g/mol. The highest BCUT2D eigenvalue weighted by Gasteiger charge is 2.46. The van der Waals surface area contributed by atoms with Crippen LogP contribution in [0.4, 0.5) is 0 Å². The number of aromatic nitrogens is 2. The molecule has 1 N–H and O–H groups in total. The molecule has 0 spiro atoms. The Morgan fingerprint density at radius 1 is 1.19 bits per heavy atom. The van der Waals surface area contributed by atoms with Crippen molar-refractivity contribution in [2.24, 2.45) is 5.92 Å². The van der Waals surface area contributed by atoms with E-state index in [-0.39, 0.29) is 30.0 Å². The van der Waals surface area contributed by atoms with Crippen molar-refractivity contribution in [3.05, 3.63) is 53.3 Å². The average molecular weight is 424 g/mol. The number of likely N-dealkylation sites (tertiary alicyclic amines) is 1. The first-order valence-electron chi connectivity index (χ1n) is 10.8. The van der Waals surface area contributed by atoms with E-state index in [4.69, 9.17) is 0 Å². The molecular formula is C23H29N5O3. The first-order chi connectivity index (χ1) is 14.8. The van der Waals surface area contributed by atoms with Gasteiger partial charge in [-0.1, -0.05) is 37.3 Å². The zero-order valence-electron chi connectivity index (χ0n) is 18.3. The number of carbonyl (C=O) groups is 3. The Morgan fingerprint density at radius 3 is 2.55 bits per heavy atom. The van der Waals surface area contributed by atoms with Gasteiger partial charge >= 0.3 is 0 Å². The highest BCUT2D eigenvalue weighted by Crippen LogP contribution is 2.27. The third-order valence-electron chi connectivity index (χ3n) is 6.58. The Kier molecular flexibility index (Phi) is 5.56. The molecule has 1 aromatic heterocycles. The molecule has 0 unspecified atom stereocenters. The lowest BCUT2D eigenvalue weighted by Gasteiger charge is -2.40. The Morgan fingerprint density at radius 2 is 1.87 bits per heavy atom. The summed E-state index contributed by atoms with van der Waals surface area (Å²) in [5, 5.41) is 7.35. The molecule has 1 saturated heterocycles. The van der Waals surface area contributed by atoms with Crippen molar-refractivity contribution >= 4 is 17.7 Å². The highest BCUT2D eigenvalue weighted by molar-refractivity contribution is 6.01. The summed E-state index contributed by atoms with van der Waals surface area (Å²) in [5.41, 5.74) is 0.476. The zero-order chi connectivity index (χ0) is 22.2. The van der Waals surface area contributed by atoms with Crippen LogP contribution < -0.4 is 5.32 Å². The van der Waals surface area contributed by atoms with Gasteiger partial charge in [0.25, 0.3) is 11.8 Å².